The first-order valence-electron chi connectivity index (χ1n) is 8.04. The molecule has 1 amide bonds. The molecule has 0 aliphatic carbocycles. The molecule has 0 aliphatic rings. The van der Waals surface area contributed by atoms with Crippen LogP contribution < -0.4 is 10.2 Å². The molecule has 27 heavy (non-hydrogen) atoms. The van der Waals surface area contributed by atoms with E-state index >= 15 is 0 Å². The molecule has 3 rings (SSSR count). The lowest BCUT2D eigenvalue weighted by atomic mass is 10.1. The van der Waals surface area contributed by atoms with Gasteiger partial charge >= 0.3 is 11.9 Å². The third-order valence-corrected chi connectivity index (χ3v) is 3.63. The van der Waals surface area contributed by atoms with Gasteiger partial charge in [-0.2, -0.15) is 5.10 Å². The fourth-order valence-corrected chi connectivity index (χ4v) is 2.25. The average molecular weight is 364 g/mol. The van der Waals surface area contributed by atoms with Crippen molar-refractivity contribution in [2.45, 2.75) is 6.61 Å². The van der Waals surface area contributed by atoms with Crippen LogP contribution in [0.2, 0.25) is 0 Å². The third-order valence-electron chi connectivity index (χ3n) is 3.63. The van der Waals surface area contributed by atoms with Gasteiger partial charge in [0.05, 0.1) is 18.0 Å². The van der Waals surface area contributed by atoms with Gasteiger partial charge in [-0.15, -0.1) is 0 Å². The van der Waals surface area contributed by atoms with Crippen molar-refractivity contribution in [1.82, 2.24) is 5.43 Å². The highest BCUT2D eigenvalue weighted by Crippen LogP contribution is 2.18. The minimum atomic E-state index is -0.972. The van der Waals surface area contributed by atoms with E-state index in [0.717, 1.165) is 5.56 Å². The molecule has 2 N–H and O–H groups in total. The number of benzene rings is 2. The molecule has 0 spiro atoms. The van der Waals surface area contributed by atoms with E-state index < -0.39 is 11.9 Å². The zero-order valence-electron chi connectivity index (χ0n) is 14.2. The summed E-state index contributed by atoms with van der Waals surface area (Å²) in [5.41, 5.74) is 4.11. The van der Waals surface area contributed by atoms with Crippen LogP contribution in [0.15, 0.2) is 76.4 Å². The van der Waals surface area contributed by atoms with Crippen LogP contribution in [-0.4, -0.2) is 23.2 Å². The minimum absolute atomic E-state index is 0.168. The van der Waals surface area contributed by atoms with Crippen LogP contribution in [0, 0.1) is 0 Å². The Kier molecular flexibility index (Phi) is 5.64. The zero-order valence-corrected chi connectivity index (χ0v) is 14.2. The molecule has 0 unspecified atom stereocenters. The summed E-state index contributed by atoms with van der Waals surface area (Å²) in [6, 6.07) is 16.8. The van der Waals surface area contributed by atoms with Gasteiger partial charge in [-0.25, -0.2) is 10.2 Å². The maximum Gasteiger partial charge on any atom is 0.335 e. The molecule has 7 nitrogen and oxygen atoms in total. The summed E-state index contributed by atoms with van der Waals surface area (Å²) in [6.07, 6.45) is 2.88. The molecule has 0 bridgehead atoms. The van der Waals surface area contributed by atoms with Gasteiger partial charge < -0.3 is 14.3 Å². The predicted octanol–water partition coefficient (Wildman–Crippen LogP) is 3.32. The summed E-state index contributed by atoms with van der Waals surface area (Å²) in [5.74, 6) is -0.675. The summed E-state index contributed by atoms with van der Waals surface area (Å²) in [7, 11) is 0. The lowest BCUT2D eigenvalue weighted by molar-refractivity contribution is 0.0696. The number of nitrogens with one attached hydrogen (secondary N) is 1. The number of carbonyl (C=O) groups excluding carboxylic acids is 1. The minimum Gasteiger partial charge on any atom is -0.488 e. The van der Waals surface area contributed by atoms with Gasteiger partial charge in [0.25, 0.3) is 0 Å². The van der Waals surface area contributed by atoms with Crippen LogP contribution in [0.5, 0.6) is 5.75 Å². The summed E-state index contributed by atoms with van der Waals surface area (Å²) >= 11 is 0. The average Bonchev–Trinajstić information content (AvgIpc) is 3.22. The Hall–Kier alpha value is -3.87. The van der Waals surface area contributed by atoms with Gasteiger partial charge in [-0.3, -0.25) is 4.79 Å². The largest absolute Gasteiger partial charge is 0.488 e. The van der Waals surface area contributed by atoms with Crippen molar-refractivity contribution in [3.8, 4) is 5.75 Å². The number of carboxylic acids is 1. The molecule has 0 saturated carbocycles. The molecule has 1 aromatic heterocycles. The number of hydrazone groups is 1. The maximum atomic E-state index is 11.8. The van der Waals surface area contributed by atoms with E-state index in [4.69, 9.17) is 14.3 Å². The highest BCUT2D eigenvalue weighted by molar-refractivity contribution is 5.92. The van der Waals surface area contributed by atoms with Crippen LogP contribution in [0.3, 0.4) is 0 Å². The van der Waals surface area contributed by atoms with E-state index in [0.29, 0.717) is 11.3 Å². The number of rotatable bonds is 7. The Bertz CT molecular complexity index is 947. The Balaban J connectivity index is 1.62. The predicted molar refractivity (Wildman–Crippen MR) is 97.9 cm³/mol. The van der Waals surface area contributed by atoms with Crippen molar-refractivity contribution in [3.05, 3.63) is 89.4 Å². The zero-order chi connectivity index (χ0) is 19.1. The molecule has 0 radical (unpaired) electrons. The molecule has 0 saturated heterocycles. The Morgan fingerprint density at radius 1 is 1.07 bits per heavy atom. The molecule has 3 aromatic rings. The van der Waals surface area contributed by atoms with Crippen LogP contribution in [0.1, 0.15) is 32.0 Å². The Morgan fingerprint density at radius 3 is 2.56 bits per heavy atom. The van der Waals surface area contributed by atoms with E-state index in [-0.39, 0.29) is 17.9 Å². The number of amides is 1. The number of carboxylic acid groups (broad SMARTS) is 1. The smallest absolute Gasteiger partial charge is 0.335 e. The van der Waals surface area contributed by atoms with Crippen molar-refractivity contribution in [1.29, 1.82) is 0 Å². The quantitative estimate of drug-likeness (QED) is 0.495. The Labute approximate surface area is 154 Å². The van der Waals surface area contributed by atoms with E-state index in [1.807, 2.05) is 12.1 Å². The highest BCUT2D eigenvalue weighted by Gasteiger charge is 2.07. The molecule has 136 valence electrons. The number of furan rings is 1. The van der Waals surface area contributed by atoms with Gasteiger partial charge in [0.1, 0.15) is 12.4 Å². The number of aromatic carboxylic acids is 1. The molecule has 7 heteroatoms. The lowest BCUT2D eigenvalue weighted by Crippen LogP contribution is -2.16. The number of nitrogens with zero attached hydrogens (tertiary/aromatic N) is 1. The second-order valence-corrected chi connectivity index (χ2v) is 5.51. The second kappa shape index (κ2) is 8.48. The first-order valence-corrected chi connectivity index (χ1v) is 8.04. The number of para-hydroxylation sites is 1. The number of hydrogen-bond donors (Lipinski definition) is 2. The fraction of sp³-hybridized carbons (Fsp3) is 0.0500. The van der Waals surface area contributed by atoms with Crippen molar-refractivity contribution < 1.29 is 23.8 Å². The lowest BCUT2D eigenvalue weighted by Gasteiger charge is -2.09. The van der Waals surface area contributed by atoms with Crippen LogP contribution in [0.4, 0.5) is 0 Å². The van der Waals surface area contributed by atoms with Crippen LogP contribution >= 0.6 is 0 Å². The monoisotopic (exact) mass is 364 g/mol. The molecule has 0 fully saturated rings. The number of hydrogen-bond acceptors (Lipinski definition) is 5. The van der Waals surface area contributed by atoms with Crippen molar-refractivity contribution in [3.63, 3.8) is 0 Å². The summed E-state index contributed by atoms with van der Waals surface area (Å²) in [5, 5.41) is 12.8. The highest BCUT2D eigenvalue weighted by atomic mass is 16.5. The van der Waals surface area contributed by atoms with Crippen molar-refractivity contribution in [2.24, 2.45) is 5.10 Å². The first-order chi connectivity index (χ1) is 13.1. The molecular formula is C20H16N2O5. The van der Waals surface area contributed by atoms with Crippen LogP contribution in [-0.2, 0) is 6.61 Å². The van der Waals surface area contributed by atoms with Crippen molar-refractivity contribution >= 4 is 18.1 Å². The van der Waals surface area contributed by atoms with Crippen molar-refractivity contribution in [2.75, 3.05) is 0 Å². The maximum absolute atomic E-state index is 11.8. The van der Waals surface area contributed by atoms with E-state index in [1.54, 1.807) is 30.3 Å². The normalized spacial score (nSPS) is 10.7. The number of carbonyl (C=O) groups is 2. The second-order valence-electron chi connectivity index (χ2n) is 5.51. The summed E-state index contributed by atoms with van der Waals surface area (Å²) in [6.45, 7) is 0.267. The molecule has 2 aromatic carbocycles. The summed E-state index contributed by atoms with van der Waals surface area (Å²) < 4.78 is 10.8. The fourth-order valence-electron chi connectivity index (χ4n) is 2.25. The number of ether oxygens (including phenoxy) is 1. The van der Waals surface area contributed by atoms with E-state index in [2.05, 4.69) is 10.5 Å². The molecular weight excluding hydrogens is 348 g/mol. The van der Waals surface area contributed by atoms with E-state index in [1.165, 1.54) is 30.7 Å². The van der Waals surface area contributed by atoms with Crippen LogP contribution in [0.25, 0.3) is 0 Å². The topological polar surface area (TPSA) is 101 Å². The Morgan fingerprint density at radius 2 is 1.85 bits per heavy atom. The first kappa shape index (κ1) is 17.9. The van der Waals surface area contributed by atoms with Gasteiger partial charge in [0.15, 0.2) is 5.76 Å². The molecule has 0 atom stereocenters. The van der Waals surface area contributed by atoms with Gasteiger partial charge in [0.2, 0.25) is 0 Å². The van der Waals surface area contributed by atoms with Gasteiger partial charge in [-0.1, -0.05) is 24.3 Å². The molecule has 1 heterocycles. The SMILES string of the molecule is O=C(O)c1ccc(COc2ccccc2/C=N\NC(=O)c2ccco2)cc1. The van der Waals surface area contributed by atoms with E-state index in [9.17, 15) is 9.59 Å². The molecule has 0 aliphatic heterocycles. The van der Waals surface area contributed by atoms with Gasteiger partial charge in [-0.05, 0) is 42.0 Å². The third kappa shape index (κ3) is 4.82. The standard InChI is InChI=1S/C20H16N2O5/c23-19(18-6-3-11-26-18)22-21-12-16-4-1-2-5-17(16)27-13-14-7-9-15(10-8-14)20(24)25/h1-12H,13H2,(H,22,23)(H,24,25)/b21-12-. The van der Waals surface area contributed by atoms with Gasteiger partial charge in [0, 0.05) is 5.56 Å². The summed E-state index contributed by atoms with van der Waals surface area (Å²) in [4.78, 5) is 22.7.